The number of aryl methyl sites for hydroxylation is 3. The number of rotatable bonds is 15. The van der Waals surface area contributed by atoms with Crippen LogP contribution >= 0.6 is 22.7 Å². The predicted molar refractivity (Wildman–Crippen MR) is 241 cm³/mol. The molecule has 2 aliphatic rings. The third-order valence-corrected chi connectivity index (χ3v) is 15.3. The summed E-state index contributed by atoms with van der Waals surface area (Å²) in [5.41, 5.74) is 8.96. The Morgan fingerprint density at radius 3 is 2.42 bits per heavy atom. The molecule has 4 aromatic rings. The number of sulfonamides is 1. The zero-order valence-electron chi connectivity index (χ0n) is 37.1. The molecule has 0 unspecified atom stereocenters. The molecule has 1 saturated heterocycles. The van der Waals surface area contributed by atoms with Gasteiger partial charge in [0.1, 0.15) is 11.3 Å². The first-order chi connectivity index (χ1) is 28.1. The first kappa shape index (κ1) is 46.0. The smallest absolute Gasteiger partial charge is 0.412 e. The van der Waals surface area contributed by atoms with Gasteiger partial charge in [-0.1, -0.05) is 76.6 Å². The molecule has 0 bridgehead atoms. The normalized spacial score (nSPS) is 19.0. The molecule has 11 nitrogen and oxygen atoms in total. The number of esters is 1. The Morgan fingerprint density at radius 1 is 1.05 bits per heavy atom. The van der Waals surface area contributed by atoms with Crippen LogP contribution in [-0.2, 0) is 56.3 Å². The minimum atomic E-state index is -3.99. The van der Waals surface area contributed by atoms with E-state index in [9.17, 15) is 18.0 Å². The van der Waals surface area contributed by atoms with Crippen molar-refractivity contribution in [3.63, 3.8) is 0 Å². The van der Waals surface area contributed by atoms with E-state index in [-0.39, 0.29) is 35.3 Å². The van der Waals surface area contributed by atoms with E-state index in [0.717, 1.165) is 66.5 Å². The molecular weight excluding hydrogens is 817 g/mol. The lowest BCUT2D eigenvalue weighted by molar-refractivity contribution is -0.0807. The molecule has 2 aromatic heterocycles. The van der Waals surface area contributed by atoms with Crippen LogP contribution in [0, 0.1) is 11.3 Å². The van der Waals surface area contributed by atoms with Gasteiger partial charge in [-0.05, 0) is 126 Å². The molecule has 1 aliphatic heterocycles. The molecule has 2 atom stereocenters. The molecule has 3 heterocycles. The van der Waals surface area contributed by atoms with Crippen molar-refractivity contribution in [1.82, 2.24) is 14.2 Å². The van der Waals surface area contributed by atoms with Gasteiger partial charge in [0.15, 0.2) is 5.13 Å². The van der Waals surface area contributed by atoms with Gasteiger partial charge in [-0.2, -0.15) is 4.31 Å². The predicted octanol–water partition coefficient (Wildman–Crippen LogP) is 9.83. The first-order valence-electron chi connectivity index (χ1n) is 21.3. The number of thiophene rings is 1. The van der Waals surface area contributed by atoms with Gasteiger partial charge in [0, 0.05) is 22.8 Å². The summed E-state index contributed by atoms with van der Waals surface area (Å²) in [7, 11) is -3.99. The lowest BCUT2D eigenvalue weighted by atomic mass is 9.76. The maximum Gasteiger partial charge on any atom is 0.412 e. The van der Waals surface area contributed by atoms with Crippen LogP contribution in [0.15, 0.2) is 47.4 Å². The highest BCUT2D eigenvalue weighted by Gasteiger charge is 2.52. The second kappa shape index (κ2) is 18.0. The molecule has 1 amide bonds. The van der Waals surface area contributed by atoms with Crippen LogP contribution in [0.1, 0.15) is 125 Å². The van der Waals surface area contributed by atoms with Crippen molar-refractivity contribution in [1.29, 1.82) is 0 Å². The number of carbonyl (C=O) groups excluding carboxylic acids is 2. The van der Waals surface area contributed by atoms with Crippen LogP contribution in [0.4, 0.5) is 9.93 Å². The lowest BCUT2D eigenvalue weighted by Gasteiger charge is -2.35. The van der Waals surface area contributed by atoms with Gasteiger partial charge in [-0.25, -0.2) is 23.0 Å². The number of aromatic nitrogens is 1. The number of benzene rings is 2. The number of nitrogen functional groups attached to an aromatic ring is 1. The number of hydrogen-bond donors (Lipinski definition) is 1. The van der Waals surface area contributed by atoms with Crippen molar-refractivity contribution < 1.29 is 32.2 Å². The van der Waals surface area contributed by atoms with Crippen LogP contribution in [0.25, 0.3) is 10.2 Å². The molecule has 0 saturated carbocycles. The van der Waals surface area contributed by atoms with Crippen molar-refractivity contribution in [2.24, 2.45) is 11.3 Å². The Balaban J connectivity index is 1.25. The number of amides is 1. The molecule has 2 aromatic carbocycles. The van der Waals surface area contributed by atoms with E-state index in [2.05, 4.69) is 50.0 Å². The maximum atomic E-state index is 14.4. The van der Waals surface area contributed by atoms with Crippen LogP contribution < -0.4 is 5.73 Å². The fraction of sp³-hybridized carbons (Fsp3) is 0.587. The number of nitrogens with zero attached hydrogens (tertiary/aromatic N) is 3. The zero-order valence-corrected chi connectivity index (χ0v) is 39.5. The number of anilines is 1. The van der Waals surface area contributed by atoms with Gasteiger partial charge >= 0.3 is 12.1 Å². The third-order valence-electron chi connectivity index (χ3n) is 11.2. The molecule has 1 aliphatic carbocycles. The van der Waals surface area contributed by atoms with Crippen molar-refractivity contribution >= 4 is 60.1 Å². The molecule has 1 fully saturated rings. The fourth-order valence-corrected chi connectivity index (χ4v) is 12.1. The number of fused-ring (bicyclic) bond motifs is 2. The van der Waals surface area contributed by atoms with Crippen LogP contribution in [0.2, 0.25) is 0 Å². The largest absolute Gasteiger partial charge is 0.462 e. The molecule has 2 N–H and O–H groups in total. The molecule has 328 valence electrons. The highest BCUT2D eigenvalue weighted by atomic mass is 32.2. The Labute approximate surface area is 365 Å². The number of carbonyl (C=O) groups is 2. The van der Waals surface area contributed by atoms with E-state index in [0.29, 0.717) is 28.4 Å². The Bertz CT molecular complexity index is 2270. The summed E-state index contributed by atoms with van der Waals surface area (Å²) in [6.07, 6.45) is 5.50. The molecule has 6 rings (SSSR count). The summed E-state index contributed by atoms with van der Waals surface area (Å²) >= 11 is 3.02. The van der Waals surface area contributed by atoms with E-state index < -0.39 is 39.6 Å². The fourth-order valence-electron chi connectivity index (χ4n) is 8.34. The van der Waals surface area contributed by atoms with Crippen molar-refractivity contribution in [3.05, 3.63) is 74.5 Å². The Hall–Kier alpha value is -3.56. The third kappa shape index (κ3) is 10.7. The number of thiazole rings is 1. The number of unbranched alkanes of at least 4 members (excludes halogenated alkanes) is 1. The van der Waals surface area contributed by atoms with Gasteiger partial charge in [-0.15, -0.1) is 11.3 Å². The average molecular weight is 881 g/mol. The number of hydrogen-bond acceptors (Lipinski definition) is 11. The summed E-state index contributed by atoms with van der Waals surface area (Å²) in [6.45, 7) is 20.5. The Kier molecular flexibility index (Phi) is 13.8. The first-order valence-corrected chi connectivity index (χ1v) is 24.4. The van der Waals surface area contributed by atoms with Crippen molar-refractivity contribution in [2.45, 2.75) is 149 Å². The van der Waals surface area contributed by atoms with E-state index in [4.69, 9.17) is 19.9 Å². The lowest BCUT2D eigenvalue weighted by Crippen LogP contribution is -2.52. The standard InChI is InChI=1S/C46H64N4O7S3/c1-11-12-23-55-41(51)40-33-26-45(7,8)22-21-37(33)58-38(40)20-17-30-13-15-31(16-14-30)24-35-36(56-46(9,10)50(35)43(52)57-44(4,5)6)28-49(27-29(2)3)60(53,54)32-18-19-34-39(25-32)59-42(47)48-34/h13-16,18-19,25,29,35-36H,11-12,17,20-24,26-28H2,1-10H3,(H2,47,48)/t35-,36+/m0/s1. The summed E-state index contributed by atoms with van der Waals surface area (Å²) < 4.78 is 49.4. The summed E-state index contributed by atoms with van der Waals surface area (Å²) in [4.78, 5) is 36.0. The van der Waals surface area contributed by atoms with Gasteiger partial charge in [0.05, 0.1) is 39.4 Å². The van der Waals surface area contributed by atoms with Crippen molar-refractivity contribution in [3.8, 4) is 0 Å². The molecule has 0 spiro atoms. The SMILES string of the molecule is CCCCOC(=O)c1c(CCc2ccc(C[C@H]3[C@@H](CN(CC(C)C)S(=O)(=O)c4ccc5nc(N)sc5c4)OC(C)(C)N3C(=O)OC(C)(C)C)cc2)sc2c1CC(C)(C)CC2. The second-order valence-electron chi connectivity index (χ2n) is 19.1. The highest BCUT2D eigenvalue weighted by molar-refractivity contribution is 7.89. The van der Waals surface area contributed by atoms with Crippen LogP contribution in [0.3, 0.4) is 0 Å². The van der Waals surface area contributed by atoms with Gasteiger partial charge < -0.3 is 19.9 Å². The van der Waals surface area contributed by atoms with Gasteiger partial charge in [0.25, 0.3) is 0 Å². The molecule has 60 heavy (non-hydrogen) atoms. The van der Waals surface area contributed by atoms with Crippen LogP contribution in [-0.4, -0.2) is 77.8 Å². The number of ether oxygens (including phenoxy) is 3. The second-order valence-corrected chi connectivity index (χ2v) is 23.3. The zero-order chi connectivity index (χ0) is 43.8. The quantitative estimate of drug-likeness (QED) is 0.0913. The molecule has 14 heteroatoms. The van der Waals surface area contributed by atoms with Gasteiger partial charge in [0.2, 0.25) is 10.0 Å². The van der Waals surface area contributed by atoms with E-state index in [1.807, 2.05) is 48.5 Å². The molecule has 0 radical (unpaired) electrons. The van der Waals surface area contributed by atoms with E-state index in [1.54, 1.807) is 34.4 Å². The van der Waals surface area contributed by atoms with Crippen molar-refractivity contribution in [2.75, 3.05) is 25.4 Å². The monoisotopic (exact) mass is 880 g/mol. The maximum absolute atomic E-state index is 14.4. The molecular formula is C46H64N4O7S3. The summed E-state index contributed by atoms with van der Waals surface area (Å²) in [5, 5.41) is 0.372. The summed E-state index contributed by atoms with van der Waals surface area (Å²) in [6, 6.07) is 12.7. The average Bonchev–Trinajstić information content (AvgIpc) is 3.77. The Morgan fingerprint density at radius 2 is 1.75 bits per heavy atom. The van der Waals surface area contributed by atoms with Crippen LogP contribution in [0.5, 0.6) is 0 Å². The number of nitrogens with two attached hydrogens (primary N) is 1. The van der Waals surface area contributed by atoms with Gasteiger partial charge in [-0.3, -0.25) is 4.90 Å². The van der Waals surface area contributed by atoms with E-state index >= 15 is 0 Å². The minimum absolute atomic E-state index is 0.0131. The topological polar surface area (TPSA) is 141 Å². The highest BCUT2D eigenvalue weighted by Crippen LogP contribution is 2.43. The summed E-state index contributed by atoms with van der Waals surface area (Å²) in [5.74, 6) is -0.181. The minimum Gasteiger partial charge on any atom is -0.462 e. The van der Waals surface area contributed by atoms with E-state index in [1.165, 1.54) is 26.1 Å².